The minimum absolute atomic E-state index is 0. The van der Waals surface area contributed by atoms with Crippen LogP contribution in [0.2, 0.25) is 0 Å². The molecule has 0 heterocycles. The number of rotatable bonds is 6. The zero-order chi connectivity index (χ0) is 15.1. The second-order valence-corrected chi connectivity index (χ2v) is 3.40. The van der Waals surface area contributed by atoms with Crippen molar-refractivity contribution in [1.29, 1.82) is 0 Å². The number of aliphatic hydroxyl groups is 3. The summed E-state index contributed by atoms with van der Waals surface area (Å²) in [7, 11) is 0. The molecule has 0 aromatic heterocycles. The first-order chi connectivity index (χ1) is 8.66. The molecule has 0 saturated heterocycles. The largest absolute Gasteiger partial charge is 0.396 e. The van der Waals surface area contributed by atoms with Crippen LogP contribution in [0, 0.1) is 48.7 Å². The summed E-state index contributed by atoms with van der Waals surface area (Å²) in [6, 6.07) is 0. The molecule has 0 aromatic rings. The molecule has 0 fully saturated rings. The van der Waals surface area contributed by atoms with Crippen molar-refractivity contribution < 1.29 is 61.9 Å². The van der Waals surface area contributed by atoms with Crippen LogP contribution in [0.25, 0.3) is 0 Å². The molecule has 0 aromatic carbocycles. The van der Waals surface area contributed by atoms with Crippen LogP contribution >= 0.6 is 0 Å². The zero-order valence-electron chi connectivity index (χ0n) is 12.9. The van der Waals surface area contributed by atoms with Crippen molar-refractivity contribution in [2.24, 2.45) is 0 Å². The molecule has 0 aliphatic rings. The zero-order valence-corrected chi connectivity index (χ0v) is 16.0. The van der Waals surface area contributed by atoms with E-state index in [1.54, 1.807) is 0 Å². The Morgan fingerprint density at radius 1 is 0.789 bits per heavy atom. The summed E-state index contributed by atoms with van der Waals surface area (Å²) in [6.07, 6.45) is 6.61. The summed E-state index contributed by atoms with van der Waals surface area (Å²) in [5.41, 5.74) is 0. The Labute approximate surface area is 153 Å². The van der Waals surface area contributed by atoms with Crippen molar-refractivity contribution >= 4 is 6.29 Å². The van der Waals surface area contributed by atoms with Gasteiger partial charge in [0, 0.05) is 61.6 Å². The Morgan fingerprint density at radius 3 is 0.947 bits per heavy atom. The van der Waals surface area contributed by atoms with Gasteiger partial charge < -0.3 is 27.0 Å². The second kappa shape index (κ2) is 51.1. The van der Waals surface area contributed by atoms with E-state index in [2.05, 4.69) is 27.7 Å². The first-order valence-electron chi connectivity index (χ1n) is 6.71. The predicted octanol–water partition coefficient (Wildman–Crippen LogP) is 2.36. The van der Waals surface area contributed by atoms with Crippen molar-refractivity contribution in [3.05, 3.63) is 6.92 Å². The third-order valence-corrected chi connectivity index (χ3v) is 1.54. The van der Waals surface area contributed by atoms with Gasteiger partial charge in [0.1, 0.15) is 0 Å². The van der Waals surface area contributed by atoms with E-state index in [0.717, 1.165) is 38.5 Å². The van der Waals surface area contributed by atoms with Crippen LogP contribution in [0.5, 0.6) is 0 Å². The summed E-state index contributed by atoms with van der Waals surface area (Å²) in [5.74, 6) is 0. The van der Waals surface area contributed by atoms with Gasteiger partial charge in [-0.05, 0) is 25.5 Å². The smallest absolute Gasteiger partial charge is 0.0430 e. The Morgan fingerprint density at radius 2 is 0.947 bits per heavy atom. The molecule has 0 amide bonds. The van der Waals surface area contributed by atoms with Crippen LogP contribution in [0.1, 0.15) is 59.3 Å². The van der Waals surface area contributed by atoms with Gasteiger partial charge in [0.2, 0.25) is 0 Å². The SMILES string of the molecule is CCCCO.CCCCO.CCCCO.[CH2-]C=O.[Ce]. The van der Waals surface area contributed by atoms with E-state index >= 15 is 0 Å². The molecule has 0 bridgehead atoms. The molecule has 4 nitrogen and oxygen atoms in total. The summed E-state index contributed by atoms with van der Waals surface area (Å²) >= 11 is 0. The first kappa shape index (κ1) is 31.9. The maximum atomic E-state index is 8.69. The van der Waals surface area contributed by atoms with Crippen LogP contribution < -0.4 is 0 Å². The second-order valence-electron chi connectivity index (χ2n) is 3.40. The minimum atomic E-state index is 0. The molecule has 0 spiro atoms. The Bertz CT molecular complexity index is 83.2. The number of aliphatic hydroxyl groups excluding tert-OH is 3. The van der Waals surface area contributed by atoms with E-state index in [9.17, 15) is 0 Å². The fraction of sp³-hybridized carbons (Fsp3) is 0.857. The third kappa shape index (κ3) is 115. The molecular weight excluding hydrogens is 372 g/mol. The van der Waals surface area contributed by atoms with Gasteiger partial charge >= 0.3 is 0 Å². The van der Waals surface area contributed by atoms with Crippen molar-refractivity contribution in [2.45, 2.75) is 59.3 Å². The topological polar surface area (TPSA) is 77.8 Å². The van der Waals surface area contributed by atoms with Gasteiger partial charge in [0.05, 0.1) is 0 Å². The van der Waals surface area contributed by atoms with E-state index in [1.165, 1.54) is 0 Å². The van der Waals surface area contributed by atoms with E-state index in [0.29, 0.717) is 26.1 Å². The summed E-state index contributed by atoms with van der Waals surface area (Å²) in [4.78, 5) is 8.69. The van der Waals surface area contributed by atoms with Crippen LogP contribution in [-0.4, -0.2) is 41.4 Å². The molecule has 0 radical (unpaired) electrons. The Hall–Kier alpha value is 0.797. The van der Waals surface area contributed by atoms with Gasteiger partial charge in [0.15, 0.2) is 0 Å². The van der Waals surface area contributed by atoms with Crippen molar-refractivity contribution in [1.82, 2.24) is 0 Å². The van der Waals surface area contributed by atoms with E-state index in [1.807, 2.05) is 0 Å². The van der Waals surface area contributed by atoms with Gasteiger partial charge in [-0.25, -0.2) is 0 Å². The maximum Gasteiger partial charge on any atom is 0.0430 e. The van der Waals surface area contributed by atoms with Gasteiger partial charge in [-0.2, -0.15) is 0 Å². The fourth-order valence-electron chi connectivity index (χ4n) is 0.474. The molecule has 0 aliphatic carbocycles. The number of aldehydes is 1. The quantitative estimate of drug-likeness (QED) is 0.468. The van der Waals surface area contributed by atoms with Crippen LogP contribution in [0.15, 0.2) is 0 Å². The molecule has 0 unspecified atom stereocenters. The van der Waals surface area contributed by atoms with Crippen LogP contribution in [-0.2, 0) is 4.79 Å². The number of carbonyl (C=O) groups is 1. The number of hydrogen-bond donors (Lipinski definition) is 3. The molecular formula is C14H33CeO4-. The number of hydrogen-bond acceptors (Lipinski definition) is 4. The van der Waals surface area contributed by atoms with Crippen molar-refractivity contribution in [3.8, 4) is 0 Å². The van der Waals surface area contributed by atoms with Gasteiger partial charge in [-0.15, -0.1) is 0 Å². The predicted molar refractivity (Wildman–Crippen MR) is 77.4 cm³/mol. The molecule has 0 aliphatic heterocycles. The van der Waals surface area contributed by atoms with Crippen LogP contribution in [0.3, 0.4) is 0 Å². The normalized spacial score (nSPS) is 7.26. The Balaban J connectivity index is -0.0000000458. The maximum absolute atomic E-state index is 8.69. The summed E-state index contributed by atoms with van der Waals surface area (Å²) in [5, 5.41) is 24.2. The number of unbranched alkanes of at least 4 members (excludes halogenated alkanes) is 3. The average molecular weight is 406 g/mol. The molecule has 0 saturated carbocycles. The first-order valence-corrected chi connectivity index (χ1v) is 6.71. The molecule has 5 heteroatoms. The standard InChI is InChI=1S/3C4H10O.C2H3O.Ce/c3*1-2-3-4-5;1-2-3;/h3*5H,2-4H2,1H3;2H,1H2;/q;;;-1;. The van der Waals surface area contributed by atoms with Crippen molar-refractivity contribution in [2.75, 3.05) is 19.8 Å². The van der Waals surface area contributed by atoms with Gasteiger partial charge in [-0.3, -0.25) is 0 Å². The van der Waals surface area contributed by atoms with Gasteiger partial charge in [0.25, 0.3) is 0 Å². The molecule has 118 valence electrons. The van der Waals surface area contributed by atoms with Gasteiger partial charge in [-0.1, -0.05) is 40.0 Å². The Kier molecular flexibility index (Phi) is 85.9. The molecule has 19 heavy (non-hydrogen) atoms. The van der Waals surface area contributed by atoms with Crippen LogP contribution in [0.4, 0.5) is 0 Å². The monoisotopic (exact) mass is 405 g/mol. The van der Waals surface area contributed by atoms with E-state index < -0.39 is 0 Å². The van der Waals surface area contributed by atoms with Crippen molar-refractivity contribution in [3.63, 3.8) is 0 Å². The summed E-state index contributed by atoms with van der Waals surface area (Å²) < 4.78 is 0. The summed E-state index contributed by atoms with van der Waals surface area (Å²) in [6.45, 7) is 9.99. The molecule has 0 rings (SSSR count). The molecule has 0 atom stereocenters. The minimum Gasteiger partial charge on any atom is -0.396 e. The fourth-order valence-corrected chi connectivity index (χ4v) is 0.474. The van der Waals surface area contributed by atoms with E-state index in [4.69, 9.17) is 20.1 Å². The number of carbonyl (C=O) groups excluding carboxylic acids is 1. The third-order valence-electron chi connectivity index (χ3n) is 1.54. The van der Waals surface area contributed by atoms with E-state index in [-0.39, 0.29) is 41.7 Å². The average Bonchev–Trinajstić information content (AvgIpc) is 2.35. The molecule has 3 N–H and O–H groups in total.